The molecule has 0 spiro atoms. The van der Waals surface area contributed by atoms with Crippen LogP contribution in [-0.4, -0.2) is 10.9 Å². The Morgan fingerprint density at radius 1 is 0.900 bits per heavy atom. The second-order valence-corrected chi connectivity index (χ2v) is 8.00. The molecule has 1 heterocycles. The first-order valence-electron chi connectivity index (χ1n) is 9.87. The topological polar surface area (TPSA) is 42.0 Å². The van der Waals surface area contributed by atoms with Gasteiger partial charge in [0.2, 0.25) is 0 Å². The molecular weight excluding hydrogens is 395 g/mol. The van der Waals surface area contributed by atoms with E-state index in [2.05, 4.69) is 53.6 Å². The van der Waals surface area contributed by atoms with Crippen LogP contribution in [0.25, 0.3) is 22.4 Å². The standard InChI is InChI=1S/C25H21FN2OS/c1-2-8-22-23(19-15-13-18(14-16-19)17-9-4-3-5-10-17)27-25(30-22)28-24(29)20-11-6-7-12-21(20)26/h3-7,9-16H,2,8H2,1H3,(H,27,28,29). The second-order valence-electron chi connectivity index (χ2n) is 6.92. The van der Waals surface area contributed by atoms with Crippen molar-refractivity contribution < 1.29 is 9.18 Å². The van der Waals surface area contributed by atoms with Gasteiger partial charge in [-0.05, 0) is 29.7 Å². The van der Waals surface area contributed by atoms with Crippen molar-refractivity contribution in [2.75, 3.05) is 5.32 Å². The first-order chi connectivity index (χ1) is 14.7. The quantitative estimate of drug-likeness (QED) is 0.375. The van der Waals surface area contributed by atoms with E-state index in [0.29, 0.717) is 5.13 Å². The number of hydrogen-bond donors (Lipinski definition) is 1. The Labute approximate surface area is 179 Å². The molecule has 0 aliphatic carbocycles. The first kappa shape index (κ1) is 20.0. The lowest BCUT2D eigenvalue weighted by Gasteiger charge is -2.05. The third kappa shape index (κ3) is 4.31. The number of nitrogens with one attached hydrogen (secondary N) is 1. The van der Waals surface area contributed by atoms with Gasteiger partial charge in [0.1, 0.15) is 5.82 Å². The number of nitrogens with zero attached hydrogens (tertiary/aromatic N) is 1. The van der Waals surface area contributed by atoms with Crippen molar-refractivity contribution in [1.29, 1.82) is 0 Å². The van der Waals surface area contributed by atoms with E-state index in [1.165, 1.54) is 23.5 Å². The van der Waals surface area contributed by atoms with Gasteiger partial charge in [0.15, 0.2) is 5.13 Å². The van der Waals surface area contributed by atoms with Crippen LogP contribution < -0.4 is 5.32 Å². The molecule has 3 nitrogen and oxygen atoms in total. The molecule has 0 saturated carbocycles. The molecule has 0 radical (unpaired) electrons. The number of aryl methyl sites for hydroxylation is 1. The van der Waals surface area contributed by atoms with Crippen LogP contribution in [0.3, 0.4) is 0 Å². The Morgan fingerprint density at radius 3 is 2.23 bits per heavy atom. The molecule has 4 rings (SSSR count). The molecule has 1 N–H and O–H groups in total. The number of hydrogen-bond acceptors (Lipinski definition) is 3. The Balaban J connectivity index is 1.61. The van der Waals surface area contributed by atoms with Gasteiger partial charge in [-0.15, -0.1) is 11.3 Å². The largest absolute Gasteiger partial charge is 0.298 e. The van der Waals surface area contributed by atoms with Crippen molar-refractivity contribution in [2.45, 2.75) is 19.8 Å². The van der Waals surface area contributed by atoms with Gasteiger partial charge in [-0.2, -0.15) is 0 Å². The Hall–Kier alpha value is -3.31. The predicted molar refractivity (Wildman–Crippen MR) is 121 cm³/mol. The molecule has 150 valence electrons. The van der Waals surface area contributed by atoms with Gasteiger partial charge in [-0.3, -0.25) is 10.1 Å². The SMILES string of the molecule is CCCc1sc(NC(=O)c2ccccc2F)nc1-c1ccc(-c2ccccc2)cc1. The van der Waals surface area contributed by atoms with Gasteiger partial charge in [0.05, 0.1) is 11.3 Å². The summed E-state index contributed by atoms with van der Waals surface area (Å²) < 4.78 is 13.9. The first-order valence-corrected chi connectivity index (χ1v) is 10.7. The summed E-state index contributed by atoms with van der Waals surface area (Å²) in [7, 11) is 0. The summed E-state index contributed by atoms with van der Waals surface area (Å²) >= 11 is 1.44. The molecule has 4 aromatic rings. The lowest BCUT2D eigenvalue weighted by atomic mass is 10.0. The van der Waals surface area contributed by atoms with Crippen LogP contribution >= 0.6 is 11.3 Å². The minimum absolute atomic E-state index is 0.0125. The highest BCUT2D eigenvalue weighted by Gasteiger charge is 2.17. The molecule has 0 saturated heterocycles. The fraction of sp³-hybridized carbons (Fsp3) is 0.120. The maximum atomic E-state index is 13.9. The number of thiazole rings is 1. The minimum atomic E-state index is -0.544. The van der Waals surface area contributed by atoms with Crippen molar-refractivity contribution in [1.82, 2.24) is 4.98 Å². The fourth-order valence-electron chi connectivity index (χ4n) is 3.29. The number of benzene rings is 3. The monoisotopic (exact) mass is 416 g/mol. The molecule has 0 atom stereocenters. The van der Waals surface area contributed by atoms with Crippen LogP contribution in [0.2, 0.25) is 0 Å². The van der Waals surface area contributed by atoms with E-state index in [1.54, 1.807) is 12.1 Å². The molecule has 5 heteroatoms. The molecule has 30 heavy (non-hydrogen) atoms. The highest BCUT2D eigenvalue weighted by atomic mass is 32.1. The van der Waals surface area contributed by atoms with E-state index in [9.17, 15) is 9.18 Å². The molecular formula is C25H21FN2OS. The lowest BCUT2D eigenvalue weighted by molar-refractivity contribution is 0.102. The third-order valence-electron chi connectivity index (χ3n) is 4.78. The summed E-state index contributed by atoms with van der Waals surface area (Å²) in [5.41, 5.74) is 4.18. The predicted octanol–water partition coefficient (Wildman–Crippen LogP) is 6.82. The Bertz CT molecular complexity index is 1150. The van der Waals surface area contributed by atoms with E-state index in [4.69, 9.17) is 0 Å². The van der Waals surface area contributed by atoms with Crippen LogP contribution in [0, 0.1) is 5.82 Å². The zero-order chi connectivity index (χ0) is 20.9. The molecule has 0 aliphatic rings. The number of aromatic nitrogens is 1. The summed E-state index contributed by atoms with van der Waals surface area (Å²) in [4.78, 5) is 18.2. The summed E-state index contributed by atoms with van der Waals surface area (Å²) in [5.74, 6) is -1.03. The number of halogens is 1. The Kier molecular flexibility index (Phi) is 6.00. The number of carbonyl (C=O) groups is 1. The minimum Gasteiger partial charge on any atom is -0.298 e. The second kappa shape index (κ2) is 9.01. The van der Waals surface area contributed by atoms with Crippen LogP contribution in [0.4, 0.5) is 9.52 Å². The molecule has 0 bridgehead atoms. The van der Waals surface area contributed by atoms with Gasteiger partial charge in [0.25, 0.3) is 5.91 Å². The van der Waals surface area contributed by atoms with Gasteiger partial charge >= 0.3 is 0 Å². The number of anilines is 1. The van der Waals surface area contributed by atoms with Gasteiger partial charge in [-0.25, -0.2) is 9.37 Å². The van der Waals surface area contributed by atoms with Gasteiger partial charge < -0.3 is 0 Å². The molecule has 1 aromatic heterocycles. The maximum absolute atomic E-state index is 13.9. The summed E-state index contributed by atoms with van der Waals surface area (Å²) in [6.07, 6.45) is 1.83. The van der Waals surface area contributed by atoms with Gasteiger partial charge in [-0.1, -0.05) is 80.1 Å². The maximum Gasteiger partial charge on any atom is 0.260 e. The van der Waals surface area contributed by atoms with Crippen molar-refractivity contribution >= 4 is 22.4 Å². The van der Waals surface area contributed by atoms with E-state index >= 15 is 0 Å². The third-order valence-corrected chi connectivity index (χ3v) is 5.81. The van der Waals surface area contributed by atoms with Crippen LogP contribution in [-0.2, 0) is 6.42 Å². The fourth-order valence-corrected chi connectivity index (χ4v) is 4.37. The summed E-state index contributed by atoms with van der Waals surface area (Å²) in [6, 6.07) is 24.4. The smallest absolute Gasteiger partial charge is 0.260 e. The van der Waals surface area contributed by atoms with Crippen LogP contribution in [0.1, 0.15) is 28.6 Å². The average molecular weight is 417 g/mol. The van der Waals surface area contributed by atoms with E-state index in [0.717, 1.165) is 40.1 Å². The normalized spacial score (nSPS) is 10.7. The lowest BCUT2D eigenvalue weighted by Crippen LogP contribution is -2.13. The number of carbonyl (C=O) groups excluding carboxylic acids is 1. The summed E-state index contributed by atoms with van der Waals surface area (Å²) in [6.45, 7) is 2.11. The van der Waals surface area contributed by atoms with Crippen molar-refractivity contribution in [3.05, 3.63) is 95.1 Å². The zero-order valence-corrected chi connectivity index (χ0v) is 17.4. The molecule has 0 aliphatic heterocycles. The van der Waals surface area contributed by atoms with E-state index < -0.39 is 11.7 Å². The van der Waals surface area contributed by atoms with Crippen LogP contribution in [0.5, 0.6) is 0 Å². The summed E-state index contributed by atoms with van der Waals surface area (Å²) in [5, 5.41) is 3.23. The molecule has 0 fully saturated rings. The molecule has 3 aromatic carbocycles. The number of amides is 1. The Morgan fingerprint density at radius 2 is 1.53 bits per heavy atom. The average Bonchev–Trinajstić information content (AvgIpc) is 3.17. The number of rotatable bonds is 6. The highest BCUT2D eigenvalue weighted by Crippen LogP contribution is 2.33. The van der Waals surface area contributed by atoms with Crippen molar-refractivity contribution in [3.8, 4) is 22.4 Å². The highest BCUT2D eigenvalue weighted by molar-refractivity contribution is 7.16. The van der Waals surface area contributed by atoms with Crippen LogP contribution in [0.15, 0.2) is 78.9 Å². The van der Waals surface area contributed by atoms with Crippen molar-refractivity contribution in [2.24, 2.45) is 0 Å². The molecule has 1 amide bonds. The van der Waals surface area contributed by atoms with Crippen molar-refractivity contribution in [3.63, 3.8) is 0 Å². The van der Waals surface area contributed by atoms with E-state index in [1.807, 2.05) is 18.2 Å². The zero-order valence-electron chi connectivity index (χ0n) is 16.6. The van der Waals surface area contributed by atoms with E-state index in [-0.39, 0.29) is 5.56 Å². The molecule has 0 unspecified atom stereocenters. The van der Waals surface area contributed by atoms with Gasteiger partial charge in [0, 0.05) is 10.4 Å².